The lowest BCUT2D eigenvalue weighted by atomic mass is 9.70. The Balaban J connectivity index is 1.94. The van der Waals surface area contributed by atoms with Gasteiger partial charge in [0.15, 0.2) is 0 Å². The number of nitrogens with two attached hydrogens (primary N) is 2. The van der Waals surface area contributed by atoms with Gasteiger partial charge >= 0.3 is 0 Å². The molecule has 10 heteroatoms. The number of nitrogens with zero attached hydrogens (tertiary/aromatic N) is 1. The molecule has 2 aromatic rings. The Bertz CT molecular complexity index is 1310. The molecule has 0 saturated carbocycles. The summed E-state index contributed by atoms with van der Waals surface area (Å²) < 4.78 is 5.30. The molecule has 1 unspecified atom stereocenters. The number of benzene rings is 2. The molecule has 1 aliphatic carbocycles. The van der Waals surface area contributed by atoms with Crippen molar-refractivity contribution in [1.82, 2.24) is 10.2 Å². The van der Waals surface area contributed by atoms with Crippen LogP contribution in [0.1, 0.15) is 45.1 Å². The number of aliphatic hydroxyl groups is 1. The van der Waals surface area contributed by atoms with E-state index < -0.39 is 29.4 Å². The summed E-state index contributed by atoms with van der Waals surface area (Å²) in [6, 6.07) is 16.3. The molecule has 0 spiro atoms. The zero-order valence-corrected chi connectivity index (χ0v) is 26.1. The van der Waals surface area contributed by atoms with E-state index in [2.05, 4.69) is 5.32 Å². The third kappa shape index (κ3) is 9.44. The molecular weight excluding hydrogens is 564 g/mol. The highest BCUT2D eigenvalue weighted by atomic mass is 32.2. The van der Waals surface area contributed by atoms with Crippen LogP contribution in [-0.2, 0) is 20.9 Å². The SMILES string of the molecule is CCCN(CCC)C(=O)C1=CC(C(N)=O)=CC(C[C@@H](O)[C@@H](N)CSc2ccccc2)(C(=O)NCc2cccc(OC)c2)C1. The first-order chi connectivity index (χ1) is 20.6. The van der Waals surface area contributed by atoms with Gasteiger partial charge in [-0.2, -0.15) is 0 Å². The van der Waals surface area contributed by atoms with E-state index in [1.54, 1.807) is 12.0 Å². The summed E-state index contributed by atoms with van der Waals surface area (Å²) in [6.45, 7) is 5.23. The van der Waals surface area contributed by atoms with Crippen molar-refractivity contribution in [1.29, 1.82) is 0 Å². The molecule has 43 heavy (non-hydrogen) atoms. The highest BCUT2D eigenvalue weighted by Crippen LogP contribution is 2.40. The topological polar surface area (TPSA) is 148 Å². The van der Waals surface area contributed by atoms with Crippen molar-refractivity contribution in [3.8, 4) is 5.75 Å². The Morgan fingerprint density at radius 1 is 1.09 bits per heavy atom. The van der Waals surface area contributed by atoms with Gasteiger partial charge in [-0.3, -0.25) is 14.4 Å². The molecular formula is C33H44N4O5S. The maximum Gasteiger partial charge on any atom is 0.249 e. The number of amides is 3. The number of carbonyl (C=O) groups excluding carboxylic acids is 3. The van der Waals surface area contributed by atoms with Gasteiger partial charge in [0.2, 0.25) is 17.7 Å². The summed E-state index contributed by atoms with van der Waals surface area (Å²) in [6.07, 6.45) is 3.28. The molecule has 1 aliphatic rings. The average molecular weight is 609 g/mol. The Morgan fingerprint density at radius 2 is 1.79 bits per heavy atom. The van der Waals surface area contributed by atoms with Crippen LogP contribution >= 0.6 is 11.8 Å². The molecule has 0 aliphatic heterocycles. The van der Waals surface area contributed by atoms with E-state index in [1.807, 2.05) is 68.4 Å². The highest BCUT2D eigenvalue weighted by Gasteiger charge is 2.44. The van der Waals surface area contributed by atoms with Crippen molar-refractivity contribution in [2.24, 2.45) is 16.9 Å². The quantitative estimate of drug-likeness (QED) is 0.213. The van der Waals surface area contributed by atoms with Crippen LogP contribution in [0.15, 0.2) is 82.8 Å². The predicted molar refractivity (Wildman–Crippen MR) is 170 cm³/mol. The van der Waals surface area contributed by atoms with Gasteiger partial charge in [-0.15, -0.1) is 11.8 Å². The first-order valence-corrected chi connectivity index (χ1v) is 15.7. The van der Waals surface area contributed by atoms with Gasteiger partial charge in [0.05, 0.1) is 18.6 Å². The van der Waals surface area contributed by atoms with Gasteiger partial charge in [0.1, 0.15) is 5.75 Å². The van der Waals surface area contributed by atoms with Crippen LogP contribution in [0, 0.1) is 5.41 Å². The summed E-state index contributed by atoms with van der Waals surface area (Å²) in [5, 5.41) is 14.3. The fraction of sp³-hybridized carbons (Fsp3) is 0.424. The predicted octanol–water partition coefficient (Wildman–Crippen LogP) is 3.56. The second kappa shape index (κ2) is 16.3. The lowest BCUT2D eigenvalue weighted by Gasteiger charge is -2.37. The molecule has 232 valence electrons. The number of ether oxygens (including phenoxy) is 1. The molecule has 3 atom stereocenters. The van der Waals surface area contributed by atoms with Crippen LogP contribution in [0.2, 0.25) is 0 Å². The van der Waals surface area contributed by atoms with Crippen molar-refractivity contribution < 1.29 is 24.2 Å². The van der Waals surface area contributed by atoms with Crippen LogP contribution in [0.25, 0.3) is 0 Å². The Hall–Kier alpha value is -3.60. The largest absolute Gasteiger partial charge is 0.497 e. The van der Waals surface area contributed by atoms with Crippen LogP contribution < -0.4 is 21.5 Å². The second-order valence-electron chi connectivity index (χ2n) is 10.9. The van der Waals surface area contributed by atoms with Gasteiger partial charge < -0.3 is 31.5 Å². The van der Waals surface area contributed by atoms with Gasteiger partial charge in [-0.1, -0.05) is 50.3 Å². The average Bonchev–Trinajstić information content (AvgIpc) is 3.02. The standard InChI is InChI=1S/C33H44N4O5S/c1-4-14-37(15-5-2)31(40)25-17-24(30(35)39)18-33(19-25,32(41)36-21-23-10-9-11-26(16-23)42-3)20-29(38)28(34)22-43-27-12-7-6-8-13-27/h6-13,16-18,28-29,38H,4-5,14-15,19-22,34H2,1-3H3,(H2,35,39)(H,36,41)/t28-,29+,33?/m0/s1. The molecule has 3 amide bonds. The summed E-state index contributed by atoms with van der Waals surface area (Å²) in [4.78, 5) is 43.1. The number of hydrogen-bond donors (Lipinski definition) is 4. The van der Waals surface area contributed by atoms with Crippen molar-refractivity contribution in [2.45, 2.75) is 63.1 Å². The van der Waals surface area contributed by atoms with Crippen LogP contribution in [0.3, 0.4) is 0 Å². The number of carbonyl (C=O) groups is 3. The Morgan fingerprint density at radius 3 is 2.42 bits per heavy atom. The monoisotopic (exact) mass is 608 g/mol. The normalized spacial score (nSPS) is 17.7. The summed E-state index contributed by atoms with van der Waals surface area (Å²) in [5.74, 6) is -0.395. The fourth-order valence-electron chi connectivity index (χ4n) is 5.16. The molecule has 3 rings (SSSR count). The lowest BCUT2D eigenvalue weighted by molar-refractivity contribution is -0.131. The molecule has 9 nitrogen and oxygen atoms in total. The van der Waals surface area contributed by atoms with Crippen LogP contribution in [0.5, 0.6) is 5.75 Å². The Kier molecular flexibility index (Phi) is 12.9. The minimum absolute atomic E-state index is 0.00784. The summed E-state index contributed by atoms with van der Waals surface area (Å²) in [7, 11) is 1.57. The van der Waals surface area contributed by atoms with Crippen molar-refractivity contribution in [3.63, 3.8) is 0 Å². The van der Waals surface area contributed by atoms with E-state index in [0.29, 0.717) is 30.2 Å². The minimum atomic E-state index is -1.44. The van der Waals surface area contributed by atoms with Crippen molar-refractivity contribution in [2.75, 3.05) is 26.0 Å². The second-order valence-corrected chi connectivity index (χ2v) is 11.9. The number of aliphatic hydroxyl groups excluding tert-OH is 1. The molecule has 0 fully saturated rings. The fourth-order valence-corrected chi connectivity index (χ4v) is 6.12. The van der Waals surface area contributed by atoms with E-state index in [-0.39, 0.29) is 30.9 Å². The van der Waals surface area contributed by atoms with Crippen LogP contribution in [-0.4, -0.2) is 65.8 Å². The lowest BCUT2D eigenvalue weighted by Crippen LogP contribution is -2.48. The first-order valence-electron chi connectivity index (χ1n) is 14.7. The third-order valence-corrected chi connectivity index (χ3v) is 8.55. The van der Waals surface area contributed by atoms with Gasteiger partial charge in [-0.25, -0.2) is 0 Å². The van der Waals surface area contributed by atoms with Gasteiger partial charge in [-0.05, 0) is 61.6 Å². The third-order valence-electron chi connectivity index (χ3n) is 7.39. The number of primary amides is 1. The van der Waals surface area contributed by atoms with E-state index in [1.165, 1.54) is 23.9 Å². The number of hydrogen-bond acceptors (Lipinski definition) is 7. The molecule has 0 bridgehead atoms. The number of methoxy groups -OCH3 is 1. The molecule has 0 saturated heterocycles. The van der Waals surface area contributed by atoms with Gasteiger partial charge in [0.25, 0.3) is 0 Å². The zero-order valence-electron chi connectivity index (χ0n) is 25.3. The number of thioether (sulfide) groups is 1. The molecule has 0 heterocycles. The van der Waals surface area contributed by atoms with Crippen LogP contribution in [0.4, 0.5) is 0 Å². The molecule has 6 N–H and O–H groups in total. The Labute approximate surface area is 258 Å². The van der Waals surface area contributed by atoms with E-state index in [9.17, 15) is 19.5 Å². The maximum atomic E-state index is 14.1. The zero-order chi connectivity index (χ0) is 31.4. The number of nitrogens with one attached hydrogen (secondary N) is 1. The molecule has 2 aromatic carbocycles. The van der Waals surface area contributed by atoms with Gasteiger partial charge in [0, 0.05) is 47.5 Å². The maximum absolute atomic E-state index is 14.1. The molecule has 0 radical (unpaired) electrons. The highest BCUT2D eigenvalue weighted by molar-refractivity contribution is 7.99. The summed E-state index contributed by atoms with van der Waals surface area (Å²) in [5.41, 5.74) is 11.9. The number of rotatable bonds is 16. The minimum Gasteiger partial charge on any atom is -0.497 e. The summed E-state index contributed by atoms with van der Waals surface area (Å²) >= 11 is 1.50. The van der Waals surface area contributed by atoms with Crippen molar-refractivity contribution >= 4 is 29.5 Å². The smallest absolute Gasteiger partial charge is 0.249 e. The molecule has 0 aromatic heterocycles. The van der Waals surface area contributed by atoms with E-state index in [4.69, 9.17) is 16.2 Å². The first kappa shape index (κ1) is 33.9. The van der Waals surface area contributed by atoms with E-state index >= 15 is 0 Å². The van der Waals surface area contributed by atoms with E-state index in [0.717, 1.165) is 23.3 Å². The van der Waals surface area contributed by atoms with Crippen molar-refractivity contribution in [3.05, 3.63) is 83.5 Å².